The van der Waals surface area contributed by atoms with Crippen molar-refractivity contribution in [2.75, 3.05) is 5.88 Å². The van der Waals surface area contributed by atoms with Crippen LogP contribution in [0.25, 0.3) is 0 Å². The molecule has 1 aromatic rings. The van der Waals surface area contributed by atoms with Crippen LogP contribution >= 0.6 is 22.9 Å². The van der Waals surface area contributed by atoms with Crippen LogP contribution in [0.15, 0.2) is 17.5 Å². The van der Waals surface area contributed by atoms with E-state index in [-0.39, 0.29) is 0 Å². The lowest BCUT2D eigenvalue weighted by molar-refractivity contribution is 0.280. The van der Waals surface area contributed by atoms with E-state index < -0.39 is 0 Å². The van der Waals surface area contributed by atoms with Gasteiger partial charge in [0.15, 0.2) is 0 Å². The van der Waals surface area contributed by atoms with Gasteiger partial charge >= 0.3 is 0 Å². The molecule has 0 aromatic carbocycles. The largest absolute Gasteiger partial charge is 0.149 e. The van der Waals surface area contributed by atoms with Gasteiger partial charge in [0.2, 0.25) is 0 Å². The second-order valence-electron chi connectivity index (χ2n) is 3.92. The Bertz CT molecular complexity index is 229. The Morgan fingerprint density at radius 1 is 1.36 bits per heavy atom. The fraction of sp³-hybridized carbons (Fsp3) is 0.667. The minimum absolute atomic E-state index is 0.367. The van der Waals surface area contributed by atoms with Crippen molar-refractivity contribution in [1.82, 2.24) is 0 Å². The van der Waals surface area contributed by atoms with Gasteiger partial charge in [0.1, 0.15) is 0 Å². The minimum atomic E-state index is 0.367. The van der Waals surface area contributed by atoms with Crippen LogP contribution in [0.1, 0.15) is 38.0 Å². The number of rotatable bonds is 6. The first-order valence-electron chi connectivity index (χ1n) is 5.34. The molecular weight excluding hydrogens is 212 g/mol. The highest BCUT2D eigenvalue weighted by Crippen LogP contribution is 2.33. The smallest absolute Gasteiger partial charge is 0.0279 e. The second kappa shape index (κ2) is 5.77. The first-order valence-corrected chi connectivity index (χ1v) is 6.76. The van der Waals surface area contributed by atoms with Crippen molar-refractivity contribution >= 4 is 22.9 Å². The molecule has 0 aliphatic rings. The molecule has 1 heterocycles. The Labute approximate surface area is 96.3 Å². The number of alkyl halides is 1. The molecule has 2 heteroatoms. The van der Waals surface area contributed by atoms with Crippen LogP contribution in [0.5, 0.6) is 0 Å². The molecule has 0 radical (unpaired) electrons. The molecule has 0 atom stereocenters. The molecule has 80 valence electrons. The Morgan fingerprint density at radius 2 is 2.07 bits per heavy atom. The fourth-order valence-corrected chi connectivity index (χ4v) is 2.92. The lowest BCUT2D eigenvalue weighted by Gasteiger charge is -2.28. The molecule has 0 nitrogen and oxygen atoms in total. The normalized spacial score (nSPS) is 11.9. The predicted molar refractivity (Wildman–Crippen MR) is 66.4 cm³/mol. The number of aryl methyl sites for hydroxylation is 1. The zero-order chi connectivity index (χ0) is 10.4. The van der Waals surface area contributed by atoms with Crippen LogP contribution in [-0.2, 0) is 6.42 Å². The zero-order valence-electron chi connectivity index (χ0n) is 9.05. The lowest BCUT2D eigenvalue weighted by atomic mass is 9.80. The summed E-state index contributed by atoms with van der Waals surface area (Å²) in [4.78, 5) is 1.49. The van der Waals surface area contributed by atoms with E-state index in [1.807, 2.05) is 11.3 Å². The Morgan fingerprint density at radius 3 is 2.50 bits per heavy atom. The highest BCUT2D eigenvalue weighted by Gasteiger charge is 2.24. The Hall–Kier alpha value is -0.0100. The van der Waals surface area contributed by atoms with Crippen LogP contribution in [0.4, 0.5) is 0 Å². The average Bonchev–Trinajstić information content (AvgIpc) is 2.74. The molecule has 0 amide bonds. The summed E-state index contributed by atoms with van der Waals surface area (Å²) >= 11 is 7.92. The van der Waals surface area contributed by atoms with Gasteiger partial charge in [-0.05, 0) is 42.5 Å². The van der Waals surface area contributed by atoms with Gasteiger partial charge in [-0.25, -0.2) is 0 Å². The summed E-state index contributed by atoms with van der Waals surface area (Å²) in [5.41, 5.74) is 0.367. The Kier molecular flexibility index (Phi) is 4.97. The molecule has 0 fully saturated rings. The summed E-state index contributed by atoms with van der Waals surface area (Å²) in [6.45, 7) is 4.50. The van der Waals surface area contributed by atoms with Crippen LogP contribution < -0.4 is 0 Å². The van der Waals surface area contributed by atoms with Gasteiger partial charge < -0.3 is 0 Å². The molecular formula is C12H19ClS. The van der Waals surface area contributed by atoms with Crippen molar-refractivity contribution in [3.63, 3.8) is 0 Å². The van der Waals surface area contributed by atoms with E-state index in [2.05, 4.69) is 31.4 Å². The van der Waals surface area contributed by atoms with Crippen molar-refractivity contribution in [2.45, 2.75) is 39.5 Å². The van der Waals surface area contributed by atoms with Crippen LogP contribution in [0.2, 0.25) is 0 Å². The third-order valence-electron chi connectivity index (χ3n) is 3.27. The van der Waals surface area contributed by atoms with E-state index in [9.17, 15) is 0 Å². The molecule has 1 aromatic heterocycles. The monoisotopic (exact) mass is 230 g/mol. The number of hydrogen-bond acceptors (Lipinski definition) is 1. The summed E-state index contributed by atoms with van der Waals surface area (Å²) in [5.74, 6) is 0.797. The second-order valence-corrected chi connectivity index (χ2v) is 5.22. The van der Waals surface area contributed by atoms with Crippen molar-refractivity contribution < 1.29 is 0 Å². The van der Waals surface area contributed by atoms with E-state index in [0.29, 0.717) is 5.41 Å². The van der Waals surface area contributed by atoms with E-state index in [1.54, 1.807) is 0 Å². The summed E-state index contributed by atoms with van der Waals surface area (Å²) in [6, 6.07) is 4.34. The quantitative estimate of drug-likeness (QED) is 0.620. The van der Waals surface area contributed by atoms with Gasteiger partial charge in [-0.2, -0.15) is 0 Å². The topological polar surface area (TPSA) is 0 Å². The highest BCUT2D eigenvalue weighted by molar-refractivity contribution is 7.09. The van der Waals surface area contributed by atoms with Gasteiger partial charge in [0, 0.05) is 10.8 Å². The summed E-state index contributed by atoms with van der Waals surface area (Å²) in [5, 5.41) is 2.15. The molecule has 0 aliphatic carbocycles. The summed E-state index contributed by atoms with van der Waals surface area (Å²) < 4.78 is 0. The third-order valence-corrected chi connectivity index (χ3v) is 4.77. The molecule has 0 saturated heterocycles. The lowest BCUT2D eigenvalue weighted by Crippen LogP contribution is -2.21. The molecule has 0 unspecified atom stereocenters. The molecule has 14 heavy (non-hydrogen) atoms. The minimum Gasteiger partial charge on any atom is -0.149 e. The standard InChI is InChI=1S/C12H19ClS/c1-3-12(4-2,10-13)8-7-11-6-5-9-14-11/h5-6,9H,3-4,7-8,10H2,1-2H3. The highest BCUT2D eigenvalue weighted by atomic mass is 35.5. The van der Waals surface area contributed by atoms with Crippen LogP contribution in [-0.4, -0.2) is 5.88 Å². The third kappa shape index (κ3) is 2.99. The summed E-state index contributed by atoms with van der Waals surface area (Å²) in [7, 11) is 0. The SMILES string of the molecule is CCC(CC)(CCl)CCc1cccs1. The average molecular weight is 231 g/mol. The maximum atomic E-state index is 6.07. The maximum absolute atomic E-state index is 6.07. The van der Waals surface area contributed by atoms with Gasteiger partial charge in [0.05, 0.1) is 0 Å². The van der Waals surface area contributed by atoms with Gasteiger partial charge in [-0.3, -0.25) is 0 Å². The van der Waals surface area contributed by atoms with Gasteiger partial charge in [-0.1, -0.05) is 19.9 Å². The van der Waals surface area contributed by atoms with E-state index in [0.717, 1.165) is 5.88 Å². The zero-order valence-corrected chi connectivity index (χ0v) is 10.6. The maximum Gasteiger partial charge on any atom is 0.0279 e. The number of halogens is 1. The summed E-state index contributed by atoms with van der Waals surface area (Å²) in [6.07, 6.45) is 4.80. The molecule has 0 N–H and O–H groups in total. The van der Waals surface area contributed by atoms with E-state index in [1.165, 1.54) is 30.6 Å². The van der Waals surface area contributed by atoms with E-state index >= 15 is 0 Å². The molecule has 1 rings (SSSR count). The van der Waals surface area contributed by atoms with Gasteiger partial charge in [-0.15, -0.1) is 22.9 Å². The fourth-order valence-electron chi connectivity index (χ4n) is 1.70. The molecule has 0 bridgehead atoms. The molecule has 0 spiro atoms. The van der Waals surface area contributed by atoms with Crippen molar-refractivity contribution in [3.05, 3.63) is 22.4 Å². The van der Waals surface area contributed by atoms with Crippen LogP contribution in [0, 0.1) is 5.41 Å². The van der Waals surface area contributed by atoms with Crippen LogP contribution in [0.3, 0.4) is 0 Å². The van der Waals surface area contributed by atoms with Gasteiger partial charge in [0.25, 0.3) is 0 Å². The molecule has 0 aliphatic heterocycles. The van der Waals surface area contributed by atoms with Crippen molar-refractivity contribution in [1.29, 1.82) is 0 Å². The van der Waals surface area contributed by atoms with Crippen molar-refractivity contribution in [2.24, 2.45) is 5.41 Å². The molecule has 0 saturated carbocycles. The number of thiophene rings is 1. The first-order chi connectivity index (χ1) is 6.76. The van der Waals surface area contributed by atoms with Crippen molar-refractivity contribution in [3.8, 4) is 0 Å². The Balaban J connectivity index is 2.48. The predicted octanol–water partition coefficient (Wildman–Crippen LogP) is 4.73. The first kappa shape index (κ1) is 12.1. The number of hydrogen-bond donors (Lipinski definition) is 0. The van der Waals surface area contributed by atoms with E-state index in [4.69, 9.17) is 11.6 Å².